The summed E-state index contributed by atoms with van der Waals surface area (Å²) in [7, 11) is 0. The number of halogens is 1. The number of hydrogen-bond donors (Lipinski definition) is 0. The SMILES string of the molecule is Cc1nc(C)n(Cc2nnc(Cl)s2)n1. The number of nitrogens with zero attached hydrogens (tertiary/aromatic N) is 5. The van der Waals surface area contributed by atoms with Gasteiger partial charge in [0.05, 0.1) is 6.54 Å². The highest BCUT2D eigenvalue weighted by Gasteiger charge is 2.06. The zero-order chi connectivity index (χ0) is 10.1. The number of rotatable bonds is 2. The Bertz CT molecular complexity index is 449. The third-order valence-corrected chi connectivity index (χ3v) is 2.69. The molecule has 0 bridgehead atoms. The molecule has 2 aromatic rings. The van der Waals surface area contributed by atoms with E-state index in [4.69, 9.17) is 11.6 Å². The third kappa shape index (κ3) is 1.91. The summed E-state index contributed by atoms with van der Waals surface area (Å²) in [5.41, 5.74) is 0. The van der Waals surface area contributed by atoms with Crippen molar-refractivity contribution < 1.29 is 0 Å². The Morgan fingerprint density at radius 3 is 2.64 bits per heavy atom. The lowest BCUT2D eigenvalue weighted by Gasteiger charge is -1.97. The minimum absolute atomic E-state index is 0.453. The molecule has 2 aromatic heterocycles. The van der Waals surface area contributed by atoms with Crippen LogP contribution < -0.4 is 0 Å². The number of aryl methyl sites for hydroxylation is 2. The van der Waals surface area contributed by atoms with E-state index in [-0.39, 0.29) is 0 Å². The van der Waals surface area contributed by atoms with Crippen molar-refractivity contribution in [3.05, 3.63) is 21.1 Å². The van der Waals surface area contributed by atoms with E-state index in [9.17, 15) is 0 Å². The first-order valence-electron chi connectivity index (χ1n) is 4.01. The van der Waals surface area contributed by atoms with Crippen LogP contribution in [-0.4, -0.2) is 25.0 Å². The average molecular weight is 230 g/mol. The molecule has 0 amide bonds. The van der Waals surface area contributed by atoms with E-state index in [1.807, 2.05) is 13.8 Å². The highest BCUT2D eigenvalue weighted by atomic mass is 35.5. The molecule has 0 N–H and O–H groups in total. The van der Waals surface area contributed by atoms with Gasteiger partial charge in [-0.15, -0.1) is 10.2 Å². The molecular formula is C7H8ClN5S. The van der Waals surface area contributed by atoms with Crippen LogP contribution in [0.4, 0.5) is 0 Å². The van der Waals surface area contributed by atoms with Crippen LogP contribution in [0.15, 0.2) is 0 Å². The topological polar surface area (TPSA) is 56.5 Å². The van der Waals surface area contributed by atoms with Gasteiger partial charge in [-0.2, -0.15) is 5.10 Å². The van der Waals surface area contributed by atoms with Gasteiger partial charge in [0.2, 0.25) is 4.47 Å². The number of aromatic nitrogens is 5. The number of hydrogen-bond acceptors (Lipinski definition) is 5. The summed E-state index contributed by atoms with van der Waals surface area (Å²) in [6, 6.07) is 0. The monoisotopic (exact) mass is 229 g/mol. The fourth-order valence-corrected chi connectivity index (χ4v) is 1.99. The lowest BCUT2D eigenvalue weighted by Crippen LogP contribution is -2.03. The van der Waals surface area contributed by atoms with Gasteiger partial charge in [0, 0.05) is 0 Å². The minimum atomic E-state index is 0.453. The Kier molecular flexibility index (Phi) is 2.47. The van der Waals surface area contributed by atoms with Crippen LogP contribution in [0.5, 0.6) is 0 Å². The molecular weight excluding hydrogens is 222 g/mol. The summed E-state index contributed by atoms with van der Waals surface area (Å²) < 4.78 is 2.24. The third-order valence-electron chi connectivity index (χ3n) is 1.69. The molecule has 0 aliphatic rings. The van der Waals surface area contributed by atoms with Gasteiger partial charge in [0.25, 0.3) is 0 Å². The first-order chi connectivity index (χ1) is 6.65. The highest BCUT2D eigenvalue weighted by Crippen LogP contribution is 2.15. The Morgan fingerprint density at radius 2 is 2.14 bits per heavy atom. The van der Waals surface area contributed by atoms with E-state index in [2.05, 4.69) is 20.3 Å². The molecule has 0 aromatic carbocycles. The van der Waals surface area contributed by atoms with E-state index >= 15 is 0 Å². The zero-order valence-corrected chi connectivity index (χ0v) is 9.30. The maximum Gasteiger partial charge on any atom is 0.207 e. The fraction of sp³-hybridized carbons (Fsp3) is 0.429. The molecule has 74 valence electrons. The summed E-state index contributed by atoms with van der Waals surface area (Å²) in [6.07, 6.45) is 0. The second-order valence-corrected chi connectivity index (χ2v) is 4.46. The molecule has 0 aliphatic carbocycles. The molecule has 14 heavy (non-hydrogen) atoms. The quantitative estimate of drug-likeness (QED) is 0.782. The first-order valence-corrected chi connectivity index (χ1v) is 5.20. The van der Waals surface area contributed by atoms with Crippen LogP contribution >= 0.6 is 22.9 Å². The Hall–Kier alpha value is -1.01. The van der Waals surface area contributed by atoms with Crippen LogP contribution in [0.3, 0.4) is 0 Å². The van der Waals surface area contributed by atoms with Crippen LogP contribution in [0.1, 0.15) is 16.7 Å². The van der Waals surface area contributed by atoms with Crippen molar-refractivity contribution in [2.45, 2.75) is 20.4 Å². The van der Waals surface area contributed by atoms with Gasteiger partial charge in [-0.1, -0.05) is 11.3 Å². The molecule has 0 atom stereocenters. The molecule has 0 fully saturated rings. The van der Waals surface area contributed by atoms with Crippen LogP contribution in [-0.2, 0) is 6.54 Å². The van der Waals surface area contributed by atoms with Gasteiger partial charge in [0.15, 0.2) is 0 Å². The van der Waals surface area contributed by atoms with E-state index in [0.29, 0.717) is 11.0 Å². The Morgan fingerprint density at radius 1 is 1.36 bits per heavy atom. The second-order valence-electron chi connectivity index (χ2n) is 2.81. The molecule has 0 aliphatic heterocycles. The maximum absolute atomic E-state index is 5.67. The predicted octanol–water partition coefficient (Wildman–Crippen LogP) is 1.45. The maximum atomic E-state index is 5.67. The highest BCUT2D eigenvalue weighted by molar-refractivity contribution is 7.15. The molecule has 2 rings (SSSR count). The Labute approximate surface area is 89.8 Å². The standard InChI is InChI=1S/C7H8ClN5S/c1-4-9-5(2)13(12-4)3-6-10-11-7(8)14-6/h3H2,1-2H3. The molecule has 0 saturated carbocycles. The van der Waals surface area contributed by atoms with Crippen molar-refractivity contribution in [3.8, 4) is 0 Å². The van der Waals surface area contributed by atoms with Gasteiger partial charge >= 0.3 is 0 Å². The fourth-order valence-electron chi connectivity index (χ4n) is 1.14. The second kappa shape index (κ2) is 3.62. The lowest BCUT2D eigenvalue weighted by atomic mass is 10.6. The summed E-state index contributed by atoms with van der Waals surface area (Å²) in [5, 5.41) is 12.7. The van der Waals surface area contributed by atoms with E-state index in [1.165, 1.54) is 11.3 Å². The van der Waals surface area contributed by atoms with Gasteiger partial charge in [-0.25, -0.2) is 9.67 Å². The largest absolute Gasteiger partial charge is 0.243 e. The van der Waals surface area contributed by atoms with Crippen molar-refractivity contribution in [1.82, 2.24) is 25.0 Å². The summed E-state index contributed by atoms with van der Waals surface area (Å²) in [4.78, 5) is 4.19. The zero-order valence-electron chi connectivity index (χ0n) is 7.73. The van der Waals surface area contributed by atoms with Crippen molar-refractivity contribution in [2.75, 3.05) is 0 Å². The van der Waals surface area contributed by atoms with Gasteiger partial charge in [0.1, 0.15) is 16.7 Å². The average Bonchev–Trinajstić information content (AvgIpc) is 2.61. The van der Waals surface area contributed by atoms with E-state index < -0.39 is 0 Å². The van der Waals surface area contributed by atoms with Crippen molar-refractivity contribution in [2.24, 2.45) is 0 Å². The summed E-state index contributed by atoms with van der Waals surface area (Å²) in [6.45, 7) is 4.34. The normalized spacial score (nSPS) is 10.8. The minimum Gasteiger partial charge on any atom is -0.243 e. The van der Waals surface area contributed by atoms with E-state index in [1.54, 1.807) is 4.68 Å². The van der Waals surface area contributed by atoms with Gasteiger partial charge < -0.3 is 0 Å². The summed E-state index contributed by atoms with van der Waals surface area (Å²) in [5.74, 6) is 1.63. The van der Waals surface area contributed by atoms with Gasteiger partial charge in [-0.05, 0) is 25.4 Å². The first kappa shape index (κ1) is 9.54. The molecule has 0 radical (unpaired) electrons. The van der Waals surface area contributed by atoms with Crippen molar-refractivity contribution in [3.63, 3.8) is 0 Å². The van der Waals surface area contributed by atoms with E-state index in [0.717, 1.165) is 16.7 Å². The Balaban J connectivity index is 2.22. The molecule has 5 nitrogen and oxygen atoms in total. The smallest absolute Gasteiger partial charge is 0.207 e. The van der Waals surface area contributed by atoms with Crippen LogP contribution in [0, 0.1) is 13.8 Å². The predicted molar refractivity (Wildman–Crippen MR) is 53.5 cm³/mol. The lowest BCUT2D eigenvalue weighted by molar-refractivity contribution is 0.648. The molecule has 2 heterocycles. The van der Waals surface area contributed by atoms with Crippen molar-refractivity contribution >= 4 is 22.9 Å². The molecule has 0 unspecified atom stereocenters. The van der Waals surface area contributed by atoms with Gasteiger partial charge in [-0.3, -0.25) is 0 Å². The summed E-state index contributed by atoms with van der Waals surface area (Å²) >= 11 is 7.03. The van der Waals surface area contributed by atoms with Crippen LogP contribution in [0.2, 0.25) is 4.47 Å². The molecule has 7 heteroatoms. The molecule has 0 spiro atoms. The van der Waals surface area contributed by atoms with Crippen molar-refractivity contribution in [1.29, 1.82) is 0 Å². The van der Waals surface area contributed by atoms with Crippen LogP contribution in [0.25, 0.3) is 0 Å². The molecule has 0 saturated heterocycles.